The van der Waals surface area contributed by atoms with Crippen LogP contribution in [0.4, 0.5) is 11.4 Å². The molecule has 0 bridgehead atoms. The van der Waals surface area contributed by atoms with Gasteiger partial charge in [-0.15, -0.1) is 0 Å². The van der Waals surface area contributed by atoms with Gasteiger partial charge in [0, 0.05) is 24.5 Å². The smallest absolute Gasteiger partial charge is 0.231 e. The van der Waals surface area contributed by atoms with Crippen LogP contribution in [0.3, 0.4) is 0 Å². The summed E-state index contributed by atoms with van der Waals surface area (Å²) in [6.07, 6.45) is 4.11. The molecule has 4 heteroatoms. The van der Waals surface area contributed by atoms with Crippen molar-refractivity contribution in [1.29, 1.82) is 0 Å². The number of carbonyl (C=O) groups is 1. The zero-order chi connectivity index (χ0) is 23.7. The number of carbonyl (C=O) groups excluding carboxylic acids is 1. The van der Waals surface area contributed by atoms with Gasteiger partial charge in [0.25, 0.3) is 0 Å². The number of hydrogen-bond acceptors (Lipinski definition) is 3. The summed E-state index contributed by atoms with van der Waals surface area (Å²) in [5.74, 6) is 0.473. The van der Waals surface area contributed by atoms with Gasteiger partial charge in [-0.3, -0.25) is 4.79 Å². The fourth-order valence-corrected chi connectivity index (χ4v) is 5.66. The van der Waals surface area contributed by atoms with Crippen molar-refractivity contribution in [2.45, 2.75) is 52.0 Å². The van der Waals surface area contributed by atoms with Crippen molar-refractivity contribution >= 4 is 17.3 Å². The molecule has 0 saturated carbocycles. The number of nitrogens with one attached hydrogen (secondary N) is 1. The van der Waals surface area contributed by atoms with Crippen LogP contribution in [-0.4, -0.2) is 24.2 Å². The molecule has 0 fully saturated rings. The van der Waals surface area contributed by atoms with Crippen LogP contribution in [0.25, 0.3) is 0 Å². The normalized spacial score (nSPS) is 19.2. The summed E-state index contributed by atoms with van der Waals surface area (Å²) in [6.45, 7) is 5.19. The number of nitrogens with zero attached hydrogens (tertiary/aromatic N) is 1. The van der Waals surface area contributed by atoms with Crippen molar-refractivity contribution in [2.24, 2.45) is 5.92 Å². The van der Waals surface area contributed by atoms with Gasteiger partial charge in [-0.1, -0.05) is 59.7 Å². The molecule has 176 valence electrons. The summed E-state index contributed by atoms with van der Waals surface area (Å²) in [6, 6.07) is 21.6. The Kier molecular flexibility index (Phi) is 6.42. The molecule has 0 unspecified atom stereocenters. The third kappa shape index (κ3) is 4.60. The lowest BCUT2D eigenvalue weighted by Gasteiger charge is -2.35. The van der Waals surface area contributed by atoms with Crippen molar-refractivity contribution in [3.63, 3.8) is 0 Å². The Hall–Kier alpha value is -3.11. The minimum Gasteiger partial charge on any atom is -0.396 e. The number of aliphatic hydroxyl groups excluding tert-OH is 1. The topological polar surface area (TPSA) is 52.6 Å². The van der Waals surface area contributed by atoms with E-state index in [1.165, 1.54) is 27.8 Å². The van der Waals surface area contributed by atoms with Gasteiger partial charge in [0.1, 0.15) is 0 Å². The Morgan fingerprint density at radius 3 is 2.71 bits per heavy atom. The minimum atomic E-state index is 0.165. The number of amides is 1. The van der Waals surface area contributed by atoms with Crippen LogP contribution in [0.15, 0.2) is 60.7 Å². The molecule has 0 aromatic heterocycles. The SMILES string of the molecule is Cc1cccc([C@H]2Nc3ccc(CC(=O)N4CCCc5cc(C)ccc54)cc3C[C@@H]2CCO)c1. The van der Waals surface area contributed by atoms with Crippen LogP contribution < -0.4 is 10.2 Å². The molecule has 3 aromatic rings. The molecule has 0 spiro atoms. The van der Waals surface area contributed by atoms with Gasteiger partial charge in [-0.25, -0.2) is 0 Å². The van der Waals surface area contributed by atoms with Gasteiger partial charge in [0.15, 0.2) is 0 Å². The molecule has 2 aliphatic heterocycles. The number of aliphatic hydroxyl groups is 1. The molecule has 2 N–H and O–H groups in total. The van der Waals surface area contributed by atoms with E-state index in [-0.39, 0.29) is 18.6 Å². The first kappa shape index (κ1) is 22.7. The summed E-state index contributed by atoms with van der Waals surface area (Å²) in [5, 5.41) is 13.5. The molecule has 3 aromatic carbocycles. The fourth-order valence-electron chi connectivity index (χ4n) is 5.66. The Morgan fingerprint density at radius 2 is 1.88 bits per heavy atom. The monoisotopic (exact) mass is 454 g/mol. The van der Waals surface area contributed by atoms with E-state index in [0.29, 0.717) is 12.3 Å². The Morgan fingerprint density at radius 1 is 1.03 bits per heavy atom. The summed E-state index contributed by atoms with van der Waals surface area (Å²) in [7, 11) is 0. The van der Waals surface area contributed by atoms with E-state index in [4.69, 9.17) is 0 Å². The molecular weight excluding hydrogens is 420 g/mol. The van der Waals surface area contributed by atoms with Gasteiger partial charge in [0.2, 0.25) is 5.91 Å². The number of anilines is 2. The van der Waals surface area contributed by atoms with Crippen molar-refractivity contribution in [3.8, 4) is 0 Å². The molecule has 34 heavy (non-hydrogen) atoms. The first-order valence-electron chi connectivity index (χ1n) is 12.5. The molecule has 5 rings (SSSR count). The lowest BCUT2D eigenvalue weighted by Crippen LogP contribution is -2.36. The molecular formula is C30H34N2O2. The summed E-state index contributed by atoms with van der Waals surface area (Å²) in [5.41, 5.74) is 9.54. The quantitative estimate of drug-likeness (QED) is 0.533. The van der Waals surface area contributed by atoms with Gasteiger partial charge >= 0.3 is 0 Å². The van der Waals surface area contributed by atoms with Gasteiger partial charge < -0.3 is 15.3 Å². The molecule has 0 aliphatic carbocycles. The highest BCUT2D eigenvalue weighted by Crippen LogP contribution is 2.39. The number of aryl methyl sites for hydroxylation is 3. The molecule has 2 aliphatic rings. The molecule has 0 radical (unpaired) electrons. The van der Waals surface area contributed by atoms with Crippen LogP contribution in [-0.2, 0) is 24.1 Å². The lowest BCUT2D eigenvalue weighted by molar-refractivity contribution is -0.118. The van der Waals surface area contributed by atoms with E-state index in [1.54, 1.807) is 0 Å². The van der Waals surface area contributed by atoms with Gasteiger partial charge in [-0.05, 0) is 79.8 Å². The number of hydrogen-bond donors (Lipinski definition) is 2. The van der Waals surface area contributed by atoms with Crippen LogP contribution in [0, 0.1) is 19.8 Å². The van der Waals surface area contributed by atoms with Crippen molar-refractivity contribution in [3.05, 3.63) is 94.0 Å². The largest absolute Gasteiger partial charge is 0.396 e. The highest BCUT2D eigenvalue weighted by atomic mass is 16.3. The Labute approximate surface area is 202 Å². The predicted octanol–water partition coefficient (Wildman–Crippen LogP) is 5.53. The fraction of sp³-hybridized carbons (Fsp3) is 0.367. The second kappa shape index (κ2) is 9.63. The maximum atomic E-state index is 13.3. The highest BCUT2D eigenvalue weighted by Gasteiger charge is 2.29. The van der Waals surface area contributed by atoms with Crippen molar-refractivity contribution in [2.75, 3.05) is 23.4 Å². The third-order valence-corrected chi connectivity index (χ3v) is 7.35. The average molecular weight is 455 g/mol. The van der Waals surface area contributed by atoms with E-state index in [9.17, 15) is 9.90 Å². The van der Waals surface area contributed by atoms with E-state index < -0.39 is 0 Å². The first-order valence-corrected chi connectivity index (χ1v) is 12.5. The molecule has 4 nitrogen and oxygen atoms in total. The van der Waals surface area contributed by atoms with Gasteiger partial charge in [0.05, 0.1) is 12.5 Å². The standard InChI is InChI=1S/C30H34N2O2/c1-20-5-3-6-24(16-20)30-25(12-14-33)19-26-17-22(9-10-27(26)31-30)18-29(34)32-13-4-7-23-15-21(2)8-11-28(23)32/h3,5-6,8-11,15-17,25,30-31,33H,4,7,12-14,18-19H2,1-2H3/t25-,30+/m0/s1. The number of fused-ring (bicyclic) bond motifs is 2. The molecule has 2 atom stereocenters. The molecule has 1 amide bonds. The van der Waals surface area contributed by atoms with Crippen LogP contribution in [0.2, 0.25) is 0 Å². The lowest BCUT2D eigenvalue weighted by atomic mass is 9.81. The first-order chi connectivity index (χ1) is 16.5. The van der Waals surface area contributed by atoms with Crippen LogP contribution >= 0.6 is 0 Å². The van der Waals surface area contributed by atoms with Crippen molar-refractivity contribution in [1.82, 2.24) is 0 Å². The maximum absolute atomic E-state index is 13.3. The van der Waals surface area contributed by atoms with Gasteiger partial charge in [-0.2, -0.15) is 0 Å². The Balaban J connectivity index is 1.36. The summed E-state index contributed by atoms with van der Waals surface area (Å²) < 4.78 is 0. The summed E-state index contributed by atoms with van der Waals surface area (Å²) in [4.78, 5) is 15.3. The maximum Gasteiger partial charge on any atom is 0.231 e. The second-order valence-electron chi connectivity index (χ2n) is 9.96. The van der Waals surface area contributed by atoms with Crippen LogP contribution in [0.5, 0.6) is 0 Å². The average Bonchev–Trinajstić information content (AvgIpc) is 2.83. The highest BCUT2D eigenvalue weighted by molar-refractivity contribution is 5.96. The zero-order valence-electron chi connectivity index (χ0n) is 20.2. The zero-order valence-corrected chi connectivity index (χ0v) is 20.2. The van der Waals surface area contributed by atoms with E-state index >= 15 is 0 Å². The van der Waals surface area contributed by atoms with Crippen molar-refractivity contribution < 1.29 is 9.90 Å². The van der Waals surface area contributed by atoms with E-state index in [2.05, 4.69) is 79.8 Å². The molecule has 2 heterocycles. The number of benzene rings is 3. The third-order valence-electron chi connectivity index (χ3n) is 7.35. The molecule has 0 saturated heterocycles. The minimum absolute atomic E-state index is 0.165. The number of rotatable bonds is 5. The Bertz CT molecular complexity index is 1200. The van der Waals surface area contributed by atoms with E-state index in [1.807, 2.05) is 4.90 Å². The van der Waals surface area contributed by atoms with Crippen LogP contribution in [0.1, 0.15) is 52.3 Å². The van der Waals surface area contributed by atoms with E-state index in [0.717, 1.165) is 49.2 Å². The second-order valence-corrected chi connectivity index (χ2v) is 9.96. The predicted molar refractivity (Wildman–Crippen MR) is 138 cm³/mol. The summed E-state index contributed by atoms with van der Waals surface area (Å²) >= 11 is 0.